The first-order valence-electron chi connectivity index (χ1n) is 13.7. The van der Waals surface area contributed by atoms with Gasteiger partial charge in [-0.15, -0.1) is 26.3 Å². The molecule has 0 aromatic heterocycles. The highest BCUT2D eigenvalue weighted by Gasteiger charge is 2.18. The molecule has 0 saturated carbocycles. The molecule has 4 aromatic carbocycles. The first kappa shape index (κ1) is 26.3. The minimum atomic E-state index is 0.364. The van der Waals surface area contributed by atoms with Crippen LogP contribution in [-0.2, 0) is 25.7 Å². The van der Waals surface area contributed by atoms with E-state index in [2.05, 4.69) is 87.0 Å². The van der Waals surface area contributed by atoms with Gasteiger partial charge in [-0.2, -0.15) is 0 Å². The Hall–Kier alpha value is -4.36. The maximum absolute atomic E-state index is 10.4. The third-order valence-corrected chi connectivity index (χ3v) is 7.69. The van der Waals surface area contributed by atoms with E-state index in [0.717, 1.165) is 49.7 Å². The molecule has 0 amide bonds. The Morgan fingerprint density at radius 2 is 1.18 bits per heavy atom. The highest BCUT2D eigenvalue weighted by atomic mass is 16.3. The van der Waals surface area contributed by atoms with Crippen molar-refractivity contribution in [1.82, 2.24) is 0 Å². The van der Waals surface area contributed by atoms with Crippen molar-refractivity contribution in [1.29, 1.82) is 0 Å². The van der Waals surface area contributed by atoms with E-state index in [9.17, 15) is 5.11 Å². The summed E-state index contributed by atoms with van der Waals surface area (Å²) in [5, 5.41) is 15.6. The molecule has 1 N–H and O–H groups in total. The lowest BCUT2D eigenvalue weighted by atomic mass is 9.85. The zero-order valence-electron chi connectivity index (χ0n) is 22.7. The van der Waals surface area contributed by atoms with Gasteiger partial charge in [0.15, 0.2) is 0 Å². The van der Waals surface area contributed by atoms with Gasteiger partial charge >= 0.3 is 0 Å². The molecule has 0 radical (unpaired) electrons. The standard InChI is InChI=1S/C19H18O.C19H18/c1-3-6-13-10-15-8-5-9-16-14(7-4-2)12-18(20)17(11-13)19(15)16;1-3-6-14-12-16-8-5-9-18-15(7-4-2)10-11-17(13-14)19(16)18/h3-5,8-9,11-12,20H,1-2,6-7,10H2;3-5,8-11,13H,1-2,6-7,12H2. The molecule has 0 unspecified atom stereocenters. The lowest BCUT2D eigenvalue weighted by molar-refractivity contribution is 0.474. The van der Waals surface area contributed by atoms with Crippen molar-refractivity contribution in [2.75, 3.05) is 0 Å². The van der Waals surface area contributed by atoms with Crippen LogP contribution in [0.4, 0.5) is 0 Å². The predicted octanol–water partition coefficient (Wildman–Crippen LogP) is 9.87. The van der Waals surface area contributed by atoms with Gasteiger partial charge < -0.3 is 5.11 Å². The molecule has 194 valence electrons. The first-order valence-corrected chi connectivity index (χ1v) is 13.7. The summed E-state index contributed by atoms with van der Waals surface area (Å²) in [7, 11) is 0. The molecule has 4 aromatic rings. The van der Waals surface area contributed by atoms with Crippen LogP contribution in [0.5, 0.6) is 5.75 Å². The summed E-state index contributed by atoms with van der Waals surface area (Å²) in [4.78, 5) is 0. The second-order valence-electron chi connectivity index (χ2n) is 10.4. The van der Waals surface area contributed by atoms with Crippen molar-refractivity contribution in [3.63, 3.8) is 0 Å². The molecule has 0 bridgehead atoms. The van der Waals surface area contributed by atoms with Crippen molar-refractivity contribution < 1.29 is 5.11 Å². The third kappa shape index (κ3) is 5.18. The van der Waals surface area contributed by atoms with E-state index in [4.69, 9.17) is 0 Å². The second-order valence-corrected chi connectivity index (χ2v) is 10.4. The van der Waals surface area contributed by atoms with E-state index in [1.165, 1.54) is 54.9 Å². The normalized spacial score (nSPS) is 13.1. The summed E-state index contributed by atoms with van der Waals surface area (Å²) in [6.45, 7) is 15.3. The number of hydrogen-bond acceptors (Lipinski definition) is 1. The van der Waals surface area contributed by atoms with Crippen LogP contribution in [0.3, 0.4) is 0 Å². The van der Waals surface area contributed by atoms with E-state index in [-0.39, 0.29) is 0 Å². The summed E-state index contributed by atoms with van der Waals surface area (Å²) in [6, 6.07) is 19.4. The fourth-order valence-corrected chi connectivity index (χ4v) is 6.07. The lowest BCUT2D eigenvalue weighted by Crippen LogP contribution is -2.01. The van der Waals surface area contributed by atoms with Crippen molar-refractivity contribution in [3.8, 4) is 5.75 Å². The zero-order chi connectivity index (χ0) is 27.4. The van der Waals surface area contributed by atoms with E-state index in [1.807, 2.05) is 30.4 Å². The number of allylic oxidation sites excluding steroid dienone is 6. The number of phenols is 1. The number of hydrogen-bond donors (Lipinski definition) is 1. The molecule has 1 heteroatoms. The third-order valence-electron chi connectivity index (χ3n) is 7.69. The molecule has 2 aliphatic rings. The van der Waals surface area contributed by atoms with Gasteiger partial charge in [0.2, 0.25) is 0 Å². The molecule has 0 aliphatic heterocycles. The average molecular weight is 509 g/mol. The Bertz CT molecular complexity index is 1670. The van der Waals surface area contributed by atoms with E-state index in [1.54, 1.807) is 0 Å². The van der Waals surface area contributed by atoms with Crippen LogP contribution in [0.25, 0.3) is 33.7 Å². The summed E-state index contributed by atoms with van der Waals surface area (Å²) >= 11 is 0. The molecule has 0 atom stereocenters. The van der Waals surface area contributed by atoms with Crippen LogP contribution in [0.15, 0.2) is 116 Å². The second kappa shape index (κ2) is 11.6. The van der Waals surface area contributed by atoms with Crippen LogP contribution in [0.2, 0.25) is 0 Å². The summed E-state index contributed by atoms with van der Waals surface area (Å²) < 4.78 is 0. The monoisotopic (exact) mass is 508 g/mol. The molecule has 2 aliphatic carbocycles. The Kier molecular flexibility index (Phi) is 7.79. The van der Waals surface area contributed by atoms with Crippen molar-refractivity contribution >= 4 is 33.7 Å². The Labute approximate surface area is 232 Å². The van der Waals surface area contributed by atoms with Gasteiger partial charge in [-0.05, 0) is 94.0 Å². The van der Waals surface area contributed by atoms with E-state index < -0.39 is 0 Å². The van der Waals surface area contributed by atoms with Gasteiger partial charge in [0.25, 0.3) is 0 Å². The van der Waals surface area contributed by atoms with Crippen LogP contribution in [0, 0.1) is 0 Å². The van der Waals surface area contributed by atoms with Gasteiger partial charge in [0.05, 0.1) is 0 Å². The smallest absolute Gasteiger partial charge is 0.123 e. The Morgan fingerprint density at radius 1 is 0.615 bits per heavy atom. The van der Waals surface area contributed by atoms with Gasteiger partial charge in [-0.25, -0.2) is 0 Å². The Morgan fingerprint density at radius 3 is 1.82 bits per heavy atom. The van der Waals surface area contributed by atoms with E-state index >= 15 is 0 Å². The Balaban J connectivity index is 0.000000158. The molecular formula is C38H36O. The highest BCUT2D eigenvalue weighted by Crippen LogP contribution is 2.39. The highest BCUT2D eigenvalue weighted by molar-refractivity contribution is 6.00. The lowest BCUT2D eigenvalue weighted by Gasteiger charge is -2.20. The number of benzene rings is 4. The van der Waals surface area contributed by atoms with Gasteiger partial charge in [-0.3, -0.25) is 0 Å². The fourth-order valence-electron chi connectivity index (χ4n) is 6.07. The molecule has 1 nitrogen and oxygen atoms in total. The van der Waals surface area contributed by atoms with Crippen molar-refractivity contribution in [2.24, 2.45) is 0 Å². The summed E-state index contributed by atoms with van der Waals surface area (Å²) in [6.07, 6.45) is 17.7. The van der Waals surface area contributed by atoms with Gasteiger partial charge in [-0.1, -0.05) is 96.1 Å². The molecule has 39 heavy (non-hydrogen) atoms. The van der Waals surface area contributed by atoms with E-state index in [0.29, 0.717) is 5.75 Å². The molecular weight excluding hydrogens is 472 g/mol. The quantitative estimate of drug-likeness (QED) is 0.235. The van der Waals surface area contributed by atoms with Gasteiger partial charge in [0, 0.05) is 5.56 Å². The number of aromatic hydroxyl groups is 1. The molecule has 0 saturated heterocycles. The molecule has 6 rings (SSSR count). The molecule has 0 heterocycles. The maximum atomic E-state index is 10.4. The maximum Gasteiger partial charge on any atom is 0.123 e. The largest absolute Gasteiger partial charge is 0.507 e. The predicted molar refractivity (Wildman–Crippen MR) is 170 cm³/mol. The SMILES string of the molecule is C=CCC1=Cc2c(O)cc(CC=C)c3cccc(c23)C1.C=CCC1=Cc2ccc(CC=C)c3cccc(c23)C1. The average Bonchev–Trinajstić information content (AvgIpc) is 2.94. The van der Waals surface area contributed by atoms with Crippen molar-refractivity contribution in [3.05, 3.63) is 150 Å². The molecule has 0 fully saturated rings. The minimum Gasteiger partial charge on any atom is -0.507 e. The van der Waals surface area contributed by atoms with Crippen LogP contribution in [0.1, 0.15) is 46.2 Å². The number of rotatable bonds is 8. The van der Waals surface area contributed by atoms with Crippen LogP contribution >= 0.6 is 0 Å². The summed E-state index contributed by atoms with van der Waals surface area (Å²) in [5.74, 6) is 0.364. The van der Waals surface area contributed by atoms with Crippen LogP contribution < -0.4 is 0 Å². The minimum absolute atomic E-state index is 0.364. The fraction of sp³-hybridized carbons (Fsp3) is 0.158. The van der Waals surface area contributed by atoms with Gasteiger partial charge in [0.1, 0.15) is 5.75 Å². The van der Waals surface area contributed by atoms with Crippen LogP contribution in [-0.4, -0.2) is 5.11 Å². The number of phenolic OH excluding ortho intramolecular Hbond substituents is 1. The topological polar surface area (TPSA) is 20.2 Å². The zero-order valence-corrected chi connectivity index (χ0v) is 22.7. The summed E-state index contributed by atoms with van der Waals surface area (Å²) in [5.41, 5.74) is 10.3. The molecule has 0 spiro atoms. The van der Waals surface area contributed by atoms with Crippen molar-refractivity contribution in [2.45, 2.75) is 38.5 Å². The first-order chi connectivity index (χ1) is 19.1.